The van der Waals surface area contributed by atoms with Crippen molar-refractivity contribution in [2.24, 2.45) is 7.05 Å². The van der Waals surface area contributed by atoms with Crippen molar-refractivity contribution >= 4 is 5.69 Å². The van der Waals surface area contributed by atoms with Gasteiger partial charge in [0.15, 0.2) is 5.82 Å². The Bertz CT molecular complexity index is 592. The number of rotatable bonds is 3. The first kappa shape index (κ1) is 14.1. The summed E-state index contributed by atoms with van der Waals surface area (Å²) in [6.45, 7) is 2.37. The zero-order valence-corrected chi connectivity index (χ0v) is 12.8. The maximum absolute atomic E-state index is 4.18. The van der Waals surface area contributed by atoms with Crippen molar-refractivity contribution in [1.29, 1.82) is 0 Å². The van der Waals surface area contributed by atoms with Crippen LogP contribution in [0, 0.1) is 0 Å². The Morgan fingerprint density at radius 3 is 2.90 bits per heavy atom. The molecule has 1 saturated heterocycles. The molecule has 0 bridgehead atoms. The molecule has 1 unspecified atom stereocenters. The molecule has 0 radical (unpaired) electrons. The number of nitrogens with one attached hydrogen (secondary N) is 1. The van der Waals surface area contributed by atoms with Gasteiger partial charge in [-0.05, 0) is 51.5 Å². The van der Waals surface area contributed by atoms with E-state index in [1.54, 1.807) is 6.33 Å². The first-order valence-corrected chi connectivity index (χ1v) is 7.62. The molecule has 1 fully saturated rings. The molecule has 1 N–H and O–H groups in total. The van der Waals surface area contributed by atoms with Crippen LogP contribution in [0.25, 0.3) is 11.4 Å². The van der Waals surface area contributed by atoms with Crippen LogP contribution >= 0.6 is 0 Å². The van der Waals surface area contributed by atoms with Crippen LogP contribution in [0.4, 0.5) is 5.69 Å². The predicted octanol–water partition coefficient (Wildman–Crippen LogP) is 2.38. The molecule has 1 aromatic carbocycles. The Hall–Kier alpha value is -1.88. The lowest BCUT2D eigenvalue weighted by Crippen LogP contribution is -2.22. The van der Waals surface area contributed by atoms with Gasteiger partial charge in [-0.15, -0.1) is 10.2 Å². The summed E-state index contributed by atoms with van der Waals surface area (Å²) in [5.74, 6) is 0.902. The van der Waals surface area contributed by atoms with Crippen molar-refractivity contribution in [3.8, 4) is 11.4 Å². The van der Waals surface area contributed by atoms with Gasteiger partial charge in [-0.3, -0.25) is 0 Å². The molecule has 1 aromatic heterocycles. The van der Waals surface area contributed by atoms with Gasteiger partial charge in [0.1, 0.15) is 6.33 Å². The number of aryl methyl sites for hydroxylation is 1. The van der Waals surface area contributed by atoms with E-state index in [4.69, 9.17) is 0 Å². The van der Waals surface area contributed by atoms with Crippen molar-refractivity contribution < 1.29 is 0 Å². The van der Waals surface area contributed by atoms with Crippen molar-refractivity contribution in [2.45, 2.75) is 25.3 Å². The minimum absolute atomic E-state index is 0.560. The van der Waals surface area contributed by atoms with Gasteiger partial charge in [-0.1, -0.05) is 12.1 Å². The van der Waals surface area contributed by atoms with E-state index < -0.39 is 0 Å². The van der Waals surface area contributed by atoms with E-state index >= 15 is 0 Å². The molecule has 2 aromatic rings. The van der Waals surface area contributed by atoms with E-state index in [1.165, 1.54) is 38.0 Å². The van der Waals surface area contributed by atoms with Gasteiger partial charge >= 0.3 is 0 Å². The van der Waals surface area contributed by atoms with Crippen LogP contribution in [0.5, 0.6) is 0 Å². The van der Waals surface area contributed by atoms with Gasteiger partial charge in [0, 0.05) is 24.3 Å². The van der Waals surface area contributed by atoms with Gasteiger partial charge in [0.05, 0.1) is 0 Å². The van der Waals surface area contributed by atoms with E-state index in [9.17, 15) is 0 Å². The van der Waals surface area contributed by atoms with Crippen molar-refractivity contribution in [2.75, 3.05) is 25.5 Å². The molecule has 0 spiro atoms. The molecule has 1 atom stereocenters. The Labute approximate surface area is 126 Å². The highest BCUT2D eigenvalue weighted by atomic mass is 15.2. The number of hydrogen-bond donors (Lipinski definition) is 1. The third-order valence-electron chi connectivity index (χ3n) is 4.15. The first-order valence-electron chi connectivity index (χ1n) is 7.62. The summed E-state index contributed by atoms with van der Waals surface area (Å²) in [6.07, 6.45) is 5.43. The van der Waals surface area contributed by atoms with Crippen molar-refractivity contribution in [3.63, 3.8) is 0 Å². The van der Waals surface area contributed by atoms with Crippen LogP contribution < -0.4 is 5.32 Å². The monoisotopic (exact) mass is 285 g/mol. The Morgan fingerprint density at radius 2 is 2.10 bits per heavy atom. The Morgan fingerprint density at radius 1 is 1.19 bits per heavy atom. The van der Waals surface area contributed by atoms with Crippen LogP contribution in [0.3, 0.4) is 0 Å². The van der Waals surface area contributed by atoms with Crippen LogP contribution in [0.15, 0.2) is 30.6 Å². The summed E-state index contributed by atoms with van der Waals surface area (Å²) in [5, 5.41) is 11.8. The summed E-state index contributed by atoms with van der Waals surface area (Å²) in [4.78, 5) is 2.41. The third kappa shape index (κ3) is 3.42. The molecular weight excluding hydrogens is 262 g/mol. The average molecular weight is 285 g/mol. The number of hydrogen-bond acceptors (Lipinski definition) is 4. The highest BCUT2D eigenvalue weighted by Gasteiger charge is 2.15. The largest absolute Gasteiger partial charge is 0.382 e. The second-order valence-electron chi connectivity index (χ2n) is 5.92. The smallest absolute Gasteiger partial charge is 0.163 e. The van der Waals surface area contributed by atoms with E-state index in [2.05, 4.69) is 51.7 Å². The fraction of sp³-hybridized carbons (Fsp3) is 0.500. The number of benzene rings is 1. The highest BCUT2D eigenvalue weighted by molar-refractivity contribution is 5.62. The molecule has 0 aliphatic carbocycles. The van der Waals surface area contributed by atoms with Gasteiger partial charge in [0.2, 0.25) is 0 Å². The fourth-order valence-corrected chi connectivity index (χ4v) is 2.91. The number of anilines is 1. The van der Waals surface area contributed by atoms with Crippen LogP contribution in [-0.2, 0) is 7.05 Å². The maximum atomic E-state index is 4.18. The lowest BCUT2D eigenvalue weighted by molar-refractivity contribution is 0.348. The van der Waals surface area contributed by atoms with Crippen molar-refractivity contribution in [3.05, 3.63) is 30.6 Å². The quantitative estimate of drug-likeness (QED) is 0.940. The maximum Gasteiger partial charge on any atom is 0.163 e. The molecular formula is C16H23N5. The van der Waals surface area contributed by atoms with Gasteiger partial charge in [-0.2, -0.15) is 0 Å². The summed E-state index contributed by atoms with van der Waals surface area (Å²) >= 11 is 0. The fourth-order valence-electron chi connectivity index (χ4n) is 2.91. The minimum Gasteiger partial charge on any atom is -0.382 e. The molecule has 3 rings (SSSR count). The number of nitrogens with zero attached hydrogens (tertiary/aromatic N) is 4. The zero-order chi connectivity index (χ0) is 14.7. The second kappa shape index (κ2) is 6.26. The summed E-state index contributed by atoms with van der Waals surface area (Å²) in [6, 6.07) is 9.02. The zero-order valence-electron chi connectivity index (χ0n) is 12.8. The summed E-state index contributed by atoms with van der Waals surface area (Å²) in [7, 11) is 4.17. The van der Waals surface area contributed by atoms with Gasteiger partial charge in [-0.25, -0.2) is 0 Å². The molecule has 112 valence electrons. The minimum atomic E-state index is 0.560. The molecule has 2 heterocycles. The molecule has 0 amide bonds. The molecule has 1 aliphatic heterocycles. The van der Waals surface area contributed by atoms with Crippen LogP contribution in [0.2, 0.25) is 0 Å². The molecule has 5 heteroatoms. The number of likely N-dealkylation sites (tertiary alicyclic amines) is 1. The van der Waals surface area contributed by atoms with E-state index in [1.807, 2.05) is 11.6 Å². The SMILES string of the molecule is CN1CCCC(Nc2cccc(-c3nncn3C)c2)CC1. The molecule has 5 nitrogen and oxygen atoms in total. The topological polar surface area (TPSA) is 46.0 Å². The lowest BCUT2D eigenvalue weighted by atomic mass is 10.1. The normalized spacial score (nSPS) is 20.2. The van der Waals surface area contributed by atoms with Gasteiger partial charge in [0.25, 0.3) is 0 Å². The van der Waals surface area contributed by atoms with E-state index in [0.717, 1.165) is 11.4 Å². The predicted molar refractivity (Wildman–Crippen MR) is 85.2 cm³/mol. The van der Waals surface area contributed by atoms with E-state index in [0.29, 0.717) is 6.04 Å². The first-order chi connectivity index (χ1) is 10.2. The standard InChI is InChI=1S/C16H23N5/c1-20-9-4-7-14(8-10-20)18-15-6-3-5-13(11-15)16-19-17-12-21(16)2/h3,5-6,11-12,14,18H,4,7-10H2,1-2H3. The van der Waals surface area contributed by atoms with Gasteiger partial charge < -0.3 is 14.8 Å². The summed E-state index contributed by atoms with van der Waals surface area (Å²) < 4.78 is 1.94. The third-order valence-corrected chi connectivity index (χ3v) is 4.15. The number of aromatic nitrogens is 3. The molecule has 21 heavy (non-hydrogen) atoms. The lowest BCUT2D eigenvalue weighted by Gasteiger charge is -2.18. The Kier molecular flexibility index (Phi) is 4.20. The second-order valence-corrected chi connectivity index (χ2v) is 5.92. The average Bonchev–Trinajstić information content (AvgIpc) is 2.80. The van der Waals surface area contributed by atoms with Crippen LogP contribution in [-0.4, -0.2) is 45.8 Å². The summed E-state index contributed by atoms with van der Waals surface area (Å²) in [5.41, 5.74) is 2.27. The van der Waals surface area contributed by atoms with Crippen LogP contribution in [0.1, 0.15) is 19.3 Å². The highest BCUT2D eigenvalue weighted by Crippen LogP contribution is 2.22. The van der Waals surface area contributed by atoms with E-state index in [-0.39, 0.29) is 0 Å². The Balaban J connectivity index is 1.73. The van der Waals surface area contributed by atoms with Crippen molar-refractivity contribution in [1.82, 2.24) is 19.7 Å². The molecule has 0 saturated carbocycles. The molecule has 1 aliphatic rings.